The Morgan fingerprint density at radius 1 is 0.960 bits per heavy atom. The van der Waals surface area contributed by atoms with Gasteiger partial charge in [0.25, 0.3) is 0 Å². The van der Waals surface area contributed by atoms with E-state index in [1.165, 1.54) is 0 Å². The number of nitrogens with zero attached hydrogens (tertiary/aromatic N) is 1. The molecule has 4 nitrogen and oxygen atoms in total. The van der Waals surface area contributed by atoms with Crippen LogP contribution in [0.1, 0.15) is 5.56 Å². The molecule has 0 aliphatic carbocycles. The van der Waals surface area contributed by atoms with Crippen LogP contribution in [0.2, 0.25) is 0 Å². The minimum absolute atomic E-state index is 0.00736. The Bertz CT molecular complexity index is 1200. The summed E-state index contributed by atoms with van der Waals surface area (Å²) < 4.78 is 10.7. The van der Waals surface area contributed by atoms with Crippen LogP contribution in [0.4, 0.5) is 0 Å². The lowest BCUT2D eigenvalue weighted by Gasteiger charge is -2.10. The predicted octanol–water partition coefficient (Wildman–Crippen LogP) is 4.49. The van der Waals surface area contributed by atoms with Crippen LogP contribution in [0.5, 0.6) is 5.75 Å². The van der Waals surface area contributed by atoms with Crippen LogP contribution in [-0.2, 0) is 0 Å². The van der Waals surface area contributed by atoms with Gasteiger partial charge in [0, 0.05) is 16.3 Å². The second kappa shape index (κ2) is 5.81. The van der Waals surface area contributed by atoms with Crippen molar-refractivity contribution in [2.75, 3.05) is 7.11 Å². The van der Waals surface area contributed by atoms with Gasteiger partial charge in [-0.2, -0.15) is 5.26 Å². The average molecular weight is 327 g/mol. The number of benzene rings is 3. The Morgan fingerprint density at radius 2 is 1.72 bits per heavy atom. The van der Waals surface area contributed by atoms with E-state index in [-0.39, 0.29) is 5.56 Å². The number of ether oxygens (including phenoxy) is 1. The summed E-state index contributed by atoms with van der Waals surface area (Å²) in [4.78, 5) is 12.4. The van der Waals surface area contributed by atoms with Gasteiger partial charge in [-0.25, -0.2) is 4.79 Å². The third kappa shape index (κ3) is 2.34. The highest BCUT2D eigenvalue weighted by Crippen LogP contribution is 2.34. The largest absolute Gasteiger partial charge is 0.497 e. The Balaban J connectivity index is 2.15. The van der Waals surface area contributed by atoms with Crippen molar-refractivity contribution in [3.63, 3.8) is 0 Å². The number of nitriles is 1. The highest BCUT2D eigenvalue weighted by atomic mass is 16.5. The van der Waals surface area contributed by atoms with Gasteiger partial charge in [0.2, 0.25) is 0 Å². The molecular weight excluding hydrogens is 314 g/mol. The van der Waals surface area contributed by atoms with E-state index in [1.54, 1.807) is 19.2 Å². The first kappa shape index (κ1) is 15.0. The minimum Gasteiger partial charge on any atom is -0.497 e. The van der Waals surface area contributed by atoms with Gasteiger partial charge in [-0.1, -0.05) is 42.5 Å². The fourth-order valence-electron chi connectivity index (χ4n) is 3.09. The third-order valence-corrected chi connectivity index (χ3v) is 4.29. The number of hydrogen-bond donors (Lipinski definition) is 0. The number of fused-ring (bicyclic) bond motifs is 3. The monoisotopic (exact) mass is 327 g/mol. The molecule has 120 valence electrons. The Labute approximate surface area is 143 Å². The van der Waals surface area contributed by atoms with Crippen LogP contribution >= 0.6 is 0 Å². The van der Waals surface area contributed by atoms with Crippen molar-refractivity contribution in [3.05, 3.63) is 76.6 Å². The highest BCUT2D eigenvalue weighted by Gasteiger charge is 2.17. The van der Waals surface area contributed by atoms with Crippen molar-refractivity contribution in [3.8, 4) is 22.9 Å². The lowest BCUT2D eigenvalue weighted by Crippen LogP contribution is -2.07. The molecule has 4 heteroatoms. The number of hydrogen-bond acceptors (Lipinski definition) is 4. The molecule has 25 heavy (non-hydrogen) atoms. The van der Waals surface area contributed by atoms with Gasteiger partial charge in [0.15, 0.2) is 0 Å². The third-order valence-electron chi connectivity index (χ3n) is 4.29. The van der Waals surface area contributed by atoms with Crippen LogP contribution in [-0.4, -0.2) is 7.11 Å². The lowest BCUT2D eigenvalue weighted by atomic mass is 9.95. The van der Waals surface area contributed by atoms with Crippen LogP contribution < -0.4 is 10.4 Å². The summed E-state index contributed by atoms with van der Waals surface area (Å²) in [6.45, 7) is 0. The quantitative estimate of drug-likeness (QED) is 0.402. The fraction of sp³-hybridized carbons (Fsp3) is 0.0476. The topological polar surface area (TPSA) is 63.2 Å². The summed E-state index contributed by atoms with van der Waals surface area (Å²) in [5.41, 5.74) is 1.23. The molecule has 0 saturated carbocycles. The van der Waals surface area contributed by atoms with Crippen molar-refractivity contribution >= 4 is 21.7 Å². The van der Waals surface area contributed by atoms with Gasteiger partial charge >= 0.3 is 5.63 Å². The van der Waals surface area contributed by atoms with E-state index >= 15 is 0 Å². The van der Waals surface area contributed by atoms with Crippen molar-refractivity contribution < 1.29 is 9.15 Å². The van der Waals surface area contributed by atoms with Crippen LogP contribution in [0.3, 0.4) is 0 Å². The molecule has 0 atom stereocenters. The zero-order chi connectivity index (χ0) is 17.4. The summed E-state index contributed by atoms with van der Waals surface area (Å²) in [7, 11) is 1.59. The minimum atomic E-state index is -0.628. The van der Waals surface area contributed by atoms with E-state index in [1.807, 2.05) is 54.6 Å². The Morgan fingerprint density at radius 3 is 2.44 bits per heavy atom. The lowest BCUT2D eigenvalue weighted by molar-refractivity contribution is 0.415. The Hall–Kier alpha value is -3.58. The maximum Gasteiger partial charge on any atom is 0.354 e. The fourth-order valence-corrected chi connectivity index (χ4v) is 3.09. The predicted molar refractivity (Wildman–Crippen MR) is 96.7 cm³/mol. The van der Waals surface area contributed by atoms with Gasteiger partial charge in [-0.3, -0.25) is 0 Å². The first-order valence-corrected chi connectivity index (χ1v) is 7.76. The van der Waals surface area contributed by atoms with E-state index in [9.17, 15) is 10.1 Å². The normalized spacial score (nSPS) is 10.7. The molecule has 0 bridgehead atoms. The molecular formula is C21H13NO3. The summed E-state index contributed by atoms with van der Waals surface area (Å²) in [6, 6.07) is 20.8. The van der Waals surface area contributed by atoms with E-state index in [2.05, 4.69) is 0 Å². The van der Waals surface area contributed by atoms with Crippen LogP contribution in [0.15, 0.2) is 69.9 Å². The van der Waals surface area contributed by atoms with Crippen molar-refractivity contribution in [1.82, 2.24) is 0 Å². The molecule has 0 unspecified atom stereocenters. The molecule has 0 aliphatic rings. The van der Waals surface area contributed by atoms with E-state index in [0.717, 1.165) is 21.7 Å². The van der Waals surface area contributed by atoms with E-state index < -0.39 is 5.63 Å². The second-order valence-electron chi connectivity index (χ2n) is 5.64. The van der Waals surface area contributed by atoms with Crippen LogP contribution in [0.25, 0.3) is 32.9 Å². The molecule has 0 amide bonds. The molecule has 0 N–H and O–H groups in total. The van der Waals surface area contributed by atoms with Gasteiger partial charge in [-0.05, 0) is 29.1 Å². The SMILES string of the molecule is COc1ccc(-c2c(C#N)c(=O)oc3c2ccc2ccccc23)cc1. The van der Waals surface area contributed by atoms with Crippen molar-refractivity contribution in [2.24, 2.45) is 0 Å². The maximum atomic E-state index is 12.4. The number of methoxy groups -OCH3 is 1. The molecule has 0 saturated heterocycles. The number of rotatable bonds is 2. The molecule has 0 fully saturated rings. The zero-order valence-corrected chi connectivity index (χ0v) is 13.4. The summed E-state index contributed by atoms with van der Waals surface area (Å²) in [5, 5.41) is 12.1. The van der Waals surface area contributed by atoms with Gasteiger partial charge < -0.3 is 9.15 Å². The molecule has 0 spiro atoms. The molecule has 4 aromatic rings. The molecule has 0 radical (unpaired) electrons. The van der Waals surface area contributed by atoms with Gasteiger partial charge in [0.1, 0.15) is 23.0 Å². The molecule has 0 aliphatic heterocycles. The van der Waals surface area contributed by atoms with Crippen molar-refractivity contribution in [2.45, 2.75) is 0 Å². The van der Waals surface area contributed by atoms with Gasteiger partial charge in [0.05, 0.1) is 7.11 Å². The molecule has 3 aromatic carbocycles. The summed E-state index contributed by atoms with van der Waals surface area (Å²) >= 11 is 0. The van der Waals surface area contributed by atoms with E-state index in [4.69, 9.17) is 9.15 Å². The van der Waals surface area contributed by atoms with Crippen molar-refractivity contribution in [1.29, 1.82) is 5.26 Å². The second-order valence-corrected chi connectivity index (χ2v) is 5.64. The molecule has 4 rings (SSSR count). The smallest absolute Gasteiger partial charge is 0.354 e. The maximum absolute atomic E-state index is 12.4. The zero-order valence-electron chi connectivity index (χ0n) is 13.4. The first-order chi connectivity index (χ1) is 12.2. The summed E-state index contributed by atoms with van der Waals surface area (Å²) in [6.07, 6.45) is 0. The molecule has 1 heterocycles. The van der Waals surface area contributed by atoms with E-state index in [0.29, 0.717) is 16.9 Å². The average Bonchev–Trinajstić information content (AvgIpc) is 2.67. The standard InChI is InChI=1S/C21H13NO3/c1-24-15-9-6-14(7-10-15)19-17-11-8-13-4-2-3-5-16(13)20(17)25-21(23)18(19)12-22/h2-11H,1H3. The van der Waals surface area contributed by atoms with Gasteiger partial charge in [-0.15, -0.1) is 0 Å². The Kier molecular flexibility index (Phi) is 3.48. The summed E-state index contributed by atoms with van der Waals surface area (Å²) in [5.74, 6) is 0.708. The highest BCUT2D eigenvalue weighted by molar-refractivity contribution is 6.09. The van der Waals surface area contributed by atoms with Crippen LogP contribution in [0, 0.1) is 11.3 Å². The first-order valence-electron chi connectivity index (χ1n) is 7.76. The molecule has 1 aromatic heterocycles.